The van der Waals surface area contributed by atoms with E-state index >= 15 is 0 Å². The van der Waals surface area contributed by atoms with E-state index in [1.165, 1.54) is 18.3 Å². The van der Waals surface area contributed by atoms with Gasteiger partial charge in [-0.15, -0.1) is 0 Å². The molecule has 1 rings (SSSR count). The van der Waals surface area contributed by atoms with Gasteiger partial charge in [-0.2, -0.15) is 0 Å². The second kappa shape index (κ2) is 5.67. The normalized spacial score (nSPS) is 10.1. The Balaban J connectivity index is 2.54. The van der Waals surface area contributed by atoms with Crippen molar-refractivity contribution >= 4 is 27.4 Å². The van der Waals surface area contributed by atoms with Gasteiger partial charge in [0.2, 0.25) is 5.91 Å². The minimum atomic E-state index is -0.117. The van der Waals surface area contributed by atoms with Crippen molar-refractivity contribution < 1.29 is 9.90 Å². The van der Waals surface area contributed by atoms with Gasteiger partial charge in [-0.3, -0.25) is 4.79 Å². The summed E-state index contributed by atoms with van der Waals surface area (Å²) in [6.07, 6.45) is 2.44. The number of thiazole rings is 1. The Morgan fingerprint density at radius 1 is 1.73 bits per heavy atom. The average Bonchev–Trinajstić information content (AvgIpc) is 2.61. The van der Waals surface area contributed by atoms with Gasteiger partial charge in [0.1, 0.15) is 5.00 Å². The van der Waals surface area contributed by atoms with E-state index in [9.17, 15) is 4.79 Å². The molecule has 0 atom stereocenters. The highest BCUT2D eigenvalue weighted by Gasteiger charge is 2.06. The van der Waals surface area contributed by atoms with Gasteiger partial charge in [-0.25, -0.2) is 4.98 Å². The van der Waals surface area contributed by atoms with Crippen molar-refractivity contribution in [2.75, 3.05) is 30.4 Å². The van der Waals surface area contributed by atoms with Gasteiger partial charge in [0.05, 0.1) is 6.20 Å². The molecule has 0 fully saturated rings. The van der Waals surface area contributed by atoms with E-state index in [4.69, 9.17) is 5.11 Å². The lowest BCUT2D eigenvalue weighted by atomic mass is 10.4. The van der Waals surface area contributed by atoms with Gasteiger partial charge in [0.15, 0.2) is 5.13 Å². The third-order valence-electron chi connectivity index (χ3n) is 1.80. The first-order chi connectivity index (χ1) is 7.13. The van der Waals surface area contributed by atoms with Gasteiger partial charge in [-0.05, 0) is 6.42 Å². The predicted molar refractivity (Wildman–Crippen MR) is 61.4 cm³/mol. The number of amides is 1. The molecule has 5 nitrogen and oxygen atoms in total. The van der Waals surface area contributed by atoms with Gasteiger partial charge < -0.3 is 15.3 Å². The monoisotopic (exact) mass is 229 g/mol. The quantitative estimate of drug-likeness (QED) is 0.788. The number of aliphatic hydroxyl groups is 1. The molecule has 1 aromatic rings. The predicted octanol–water partition coefficient (Wildman–Crippen LogP) is 0.920. The molecular weight excluding hydrogens is 214 g/mol. The van der Waals surface area contributed by atoms with Crippen LogP contribution in [0.5, 0.6) is 0 Å². The van der Waals surface area contributed by atoms with Crippen LogP contribution in [0.2, 0.25) is 0 Å². The third kappa shape index (κ3) is 3.85. The maximum Gasteiger partial charge on any atom is 0.223 e. The van der Waals surface area contributed by atoms with Crippen LogP contribution in [-0.4, -0.2) is 36.2 Å². The van der Waals surface area contributed by atoms with E-state index in [0.29, 0.717) is 5.13 Å². The fourth-order valence-electron chi connectivity index (χ4n) is 1.07. The molecule has 0 aromatic carbocycles. The number of hydrogen-bond acceptors (Lipinski definition) is 5. The number of anilines is 2. The first kappa shape index (κ1) is 11.9. The maximum atomic E-state index is 10.8. The average molecular weight is 229 g/mol. The Labute approximate surface area is 92.7 Å². The molecule has 84 valence electrons. The highest BCUT2D eigenvalue weighted by Crippen LogP contribution is 2.25. The molecule has 0 aliphatic heterocycles. The zero-order chi connectivity index (χ0) is 11.3. The summed E-state index contributed by atoms with van der Waals surface area (Å²) in [5, 5.41) is 12.9. The highest BCUT2D eigenvalue weighted by atomic mass is 32.1. The third-order valence-corrected chi connectivity index (χ3v) is 2.83. The molecule has 0 saturated carbocycles. The first-order valence-electron chi connectivity index (χ1n) is 4.69. The van der Waals surface area contributed by atoms with Crippen molar-refractivity contribution in [2.24, 2.45) is 0 Å². The second-order valence-corrected chi connectivity index (χ2v) is 4.19. The summed E-state index contributed by atoms with van der Waals surface area (Å²) in [6, 6.07) is 0. The van der Waals surface area contributed by atoms with Crippen LogP contribution in [-0.2, 0) is 4.79 Å². The molecule has 0 bridgehead atoms. The van der Waals surface area contributed by atoms with Crippen molar-refractivity contribution in [1.29, 1.82) is 0 Å². The van der Waals surface area contributed by atoms with Crippen LogP contribution in [0.4, 0.5) is 10.1 Å². The van der Waals surface area contributed by atoms with Gasteiger partial charge in [0, 0.05) is 27.1 Å². The Morgan fingerprint density at radius 2 is 2.47 bits per heavy atom. The Morgan fingerprint density at radius 3 is 3.07 bits per heavy atom. The van der Waals surface area contributed by atoms with Gasteiger partial charge in [-0.1, -0.05) is 11.3 Å². The number of carbonyl (C=O) groups excluding carboxylic acids is 1. The van der Waals surface area contributed by atoms with E-state index in [0.717, 1.165) is 18.0 Å². The number of aromatic nitrogens is 1. The van der Waals surface area contributed by atoms with Crippen LogP contribution in [0, 0.1) is 0 Å². The summed E-state index contributed by atoms with van der Waals surface area (Å²) in [6.45, 7) is 2.41. The van der Waals surface area contributed by atoms with Crippen LogP contribution in [0.25, 0.3) is 0 Å². The summed E-state index contributed by atoms with van der Waals surface area (Å²) in [5.74, 6) is -0.117. The molecule has 0 unspecified atom stereocenters. The molecule has 2 N–H and O–H groups in total. The number of hydrogen-bond donors (Lipinski definition) is 2. The zero-order valence-corrected chi connectivity index (χ0v) is 9.67. The molecule has 0 radical (unpaired) electrons. The zero-order valence-electron chi connectivity index (χ0n) is 8.86. The number of nitrogens with one attached hydrogen (secondary N) is 1. The lowest BCUT2D eigenvalue weighted by Crippen LogP contribution is -2.18. The van der Waals surface area contributed by atoms with E-state index in [-0.39, 0.29) is 12.5 Å². The van der Waals surface area contributed by atoms with E-state index in [1.807, 2.05) is 11.9 Å². The van der Waals surface area contributed by atoms with Gasteiger partial charge in [0.25, 0.3) is 0 Å². The summed E-state index contributed by atoms with van der Waals surface area (Å²) in [4.78, 5) is 16.8. The Bertz CT molecular complexity index is 327. The molecular formula is C9H15N3O2S. The number of carbonyl (C=O) groups is 1. The van der Waals surface area contributed by atoms with Crippen molar-refractivity contribution in [1.82, 2.24) is 4.98 Å². The van der Waals surface area contributed by atoms with E-state index < -0.39 is 0 Å². The van der Waals surface area contributed by atoms with Crippen molar-refractivity contribution in [3.63, 3.8) is 0 Å². The van der Waals surface area contributed by atoms with Crippen molar-refractivity contribution in [3.05, 3.63) is 6.20 Å². The standard InChI is InChI=1S/C9H15N3O2S/c1-7(14)11-9-10-6-8(15-9)12(2)4-3-5-13/h6,13H,3-5H2,1-2H3,(H,10,11,14). The maximum absolute atomic E-state index is 10.8. The first-order valence-corrected chi connectivity index (χ1v) is 5.50. The lowest BCUT2D eigenvalue weighted by molar-refractivity contribution is -0.114. The Kier molecular flexibility index (Phi) is 4.51. The molecule has 1 amide bonds. The summed E-state index contributed by atoms with van der Waals surface area (Å²) < 4.78 is 0. The van der Waals surface area contributed by atoms with Crippen molar-refractivity contribution in [2.45, 2.75) is 13.3 Å². The second-order valence-electron chi connectivity index (χ2n) is 3.18. The van der Waals surface area contributed by atoms with Crippen LogP contribution in [0.15, 0.2) is 6.20 Å². The summed E-state index contributed by atoms with van der Waals surface area (Å²) in [7, 11) is 1.93. The van der Waals surface area contributed by atoms with Crippen molar-refractivity contribution in [3.8, 4) is 0 Å². The van der Waals surface area contributed by atoms with Crippen LogP contribution in [0.3, 0.4) is 0 Å². The number of rotatable bonds is 5. The topological polar surface area (TPSA) is 65.5 Å². The minimum absolute atomic E-state index is 0.117. The van der Waals surface area contributed by atoms with Crippen LogP contribution in [0.1, 0.15) is 13.3 Å². The molecule has 0 aliphatic rings. The largest absolute Gasteiger partial charge is 0.396 e. The van der Waals surface area contributed by atoms with Crippen LogP contribution >= 0.6 is 11.3 Å². The molecule has 0 aliphatic carbocycles. The van der Waals surface area contributed by atoms with E-state index in [1.54, 1.807) is 6.20 Å². The number of nitrogens with zero attached hydrogens (tertiary/aromatic N) is 2. The van der Waals surface area contributed by atoms with Crippen LogP contribution < -0.4 is 10.2 Å². The minimum Gasteiger partial charge on any atom is -0.396 e. The molecule has 0 spiro atoms. The molecule has 0 saturated heterocycles. The molecule has 15 heavy (non-hydrogen) atoms. The fourth-order valence-corrected chi connectivity index (χ4v) is 1.92. The lowest BCUT2D eigenvalue weighted by Gasteiger charge is -2.14. The number of aliphatic hydroxyl groups excluding tert-OH is 1. The molecule has 6 heteroatoms. The Hall–Kier alpha value is -1.14. The van der Waals surface area contributed by atoms with E-state index in [2.05, 4.69) is 10.3 Å². The molecule has 1 aromatic heterocycles. The van der Waals surface area contributed by atoms with Gasteiger partial charge >= 0.3 is 0 Å². The highest BCUT2D eigenvalue weighted by molar-refractivity contribution is 7.19. The smallest absolute Gasteiger partial charge is 0.223 e. The fraction of sp³-hybridized carbons (Fsp3) is 0.556. The molecule has 1 heterocycles. The SMILES string of the molecule is CC(=O)Nc1ncc(N(C)CCCO)s1. The summed E-state index contributed by atoms with van der Waals surface area (Å²) in [5.41, 5.74) is 0. The summed E-state index contributed by atoms with van der Waals surface area (Å²) >= 11 is 1.42.